The second-order valence-electron chi connectivity index (χ2n) is 10.1. The van der Waals surface area contributed by atoms with Crippen molar-refractivity contribution in [3.63, 3.8) is 0 Å². The molecule has 0 amide bonds. The van der Waals surface area contributed by atoms with E-state index in [2.05, 4.69) is 65.8 Å². The molecule has 5 heterocycles. The first-order valence-electron chi connectivity index (χ1n) is 12.0. The number of halogens is 3. The molecule has 36 heavy (non-hydrogen) atoms. The van der Waals surface area contributed by atoms with Gasteiger partial charge in [-0.05, 0) is 49.9 Å². The largest absolute Gasteiger partial charge is 0.408 e. The van der Waals surface area contributed by atoms with Crippen molar-refractivity contribution in [2.24, 2.45) is 10.4 Å². The fourth-order valence-electron chi connectivity index (χ4n) is 5.80. The number of nitrogens with one attached hydrogen (secondary N) is 1. The Kier molecular flexibility index (Phi) is 5.47. The molecule has 11 heteroatoms. The number of H-pyrrole nitrogens is 1. The van der Waals surface area contributed by atoms with E-state index in [1.165, 1.54) is 23.5 Å². The molecule has 1 aromatic carbocycles. The maximum atomic E-state index is 12.9. The summed E-state index contributed by atoms with van der Waals surface area (Å²) in [5, 5.41) is 5.77. The van der Waals surface area contributed by atoms with Crippen molar-refractivity contribution in [1.29, 1.82) is 0 Å². The van der Waals surface area contributed by atoms with Crippen LogP contribution in [0.2, 0.25) is 0 Å². The Labute approximate surface area is 205 Å². The summed E-state index contributed by atoms with van der Waals surface area (Å²) in [5.74, 6) is 0.673. The van der Waals surface area contributed by atoms with Crippen LogP contribution in [0.4, 0.5) is 19.0 Å². The van der Waals surface area contributed by atoms with Gasteiger partial charge in [-0.25, -0.2) is 9.97 Å². The van der Waals surface area contributed by atoms with Crippen molar-refractivity contribution in [3.05, 3.63) is 48.0 Å². The Balaban J connectivity index is 1.15. The smallest absolute Gasteiger partial charge is 0.357 e. The van der Waals surface area contributed by atoms with Crippen molar-refractivity contribution >= 4 is 34.5 Å². The van der Waals surface area contributed by atoms with E-state index < -0.39 is 12.7 Å². The van der Waals surface area contributed by atoms with Crippen molar-refractivity contribution in [3.8, 4) is 0 Å². The molecule has 2 fully saturated rings. The second-order valence-corrected chi connectivity index (χ2v) is 10.1. The van der Waals surface area contributed by atoms with Gasteiger partial charge >= 0.3 is 6.18 Å². The quantitative estimate of drug-likeness (QED) is 0.406. The number of hydrogen-bond acceptors (Lipinski definition) is 6. The molecule has 2 aliphatic rings. The number of anilines is 1. The van der Waals surface area contributed by atoms with Gasteiger partial charge in [0.25, 0.3) is 0 Å². The molecule has 1 atom stereocenters. The number of fused-ring (bicyclic) bond motifs is 2. The molecule has 0 bridgehead atoms. The van der Waals surface area contributed by atoms with E-state index in [-0.39, 0.29) is 5.41 Å². The first kappa shape index (κ1) is 23.0. The summed E-state index contributed by atoms with van der Waals surface area (Å²) in [7, 11) is 0. The molecule has 1 N–H and O–H groups in total. The molecule has 6 rings (SSSR count). The zero-order valence-electron chi connectivity index (χ0n) is 19.8. The molecule has 2 saturated heterocycles. The van der Waals surface area contributed by atoms with Crippen LogP contribution in [0.3, 0.4) is 0 Å². The fourth-order valence-corrected chi connectivity index (χ4v) is 5.80. The van der Waals surface area contributed by atoms with Crippen LogP contribution in [-0.2, 0) is 19.6 Å². The summed E-state index contributed by atoms with van der Waals surface area (Å²) in [5.41, 5.74) is 3.90. The monoisotopic (exact) mass is 496 g/mol. The third-order valence-corrected chi connectivity index (χ3v) is 7.37. The SMILES string of the molecule is C=NCc1cc2cc(CN3CCC4(CCN(c5ncnc6nn(CC(F)(F)F)cc56)C4)C3)ccc2[nH]1. The molecule has 0 radical (unpaired) electrons. The predicted octanol–water partition coefficient (Wildman–Crippen LogP) is 4.17. The minimum atomic E-state index is -4.34. The zero-order valence-corrected chi connectivity index (χ0v) is 19.8. The first-order chi connectivity index (χ1) is 17.3. The average molecular weight is 497 g/mol. The van der Waals surface area contributed by atoms with E-state index in [4.69, 9.17) is 0 Å². The fraction of sp³-hybridized carbons (Fsp3) is 0.440. The number of likely N-dealkylation sites (tertiary alicyclic amines) is 1. The molecule has 188 valence electrons. The van der Waals surface area contributed by atoms with Gasteiger partial charge in [-0.1, -0.05) is 6.07 Å². The van der Waals surface area contributed by atoms with Crippen LogP contribution in [0.25, 0.3) is 21.9 Å². The third-order valence-electron chi connectivity index (χ3n) is 7.37. The molecule has 4 aromatic rings. The average Bonchev–Trinajstić information content (AvgIpc) is 3.59. The maximum Gasteiger partial charge on any atom is 0.408 e. The molecular formula is C25H27F3N8. The first-order valence-corrected chi connectivity index (χ1v) is 12.0. The van der Waals surface area contributed by atoms with E-state index in [9.17, 15) is 13.2 Å². The molecule has 3 aromatic heterocycles. The normalized spacial score (nSPS) is 20.9. The predicted molar refractivity (Wildman–Crippen MR) is 132 cm³/mol. The van der Waals surface area contributed by atoms with Gasteiger partial charge in [0, 0.05) is 54.4 Å². The summed E-state index contributed by atoms with van der Waals surface area (Å²) < 4.78 is 39.5. The van der Waals surface area contributed by atoms with Crippen molar-refractivity contribution < 1.29 is 13.2 Å². The van der Waals surface area contributed by atoms with Gasteiger partial charge in [0.05, 0.1) is 11.9 Å². The molecule has 1 unspecified atom stereocenters. The molecule has 8 nitrogen and oxygen atoms in total. The van der Waals surface area contributed by atoms with E-state index in [1.54, 1.807) is 0 Å². The number of rotatable bonds is 6. The third kappa shape index (κ3) is 4.43. The summed E-state index contributed by atoms with van der Waals surface area (Å²) in [6.07, 6.45) is 0.588. The Hall–Kier alpha value is -3.47. The van der Waals surface area contributed by atoms with Crippen LogP contribution in [0, 0.1) is 5.41 Å². The molecular weight excluding hydrogens is 469 g/mol. The van der Waals surface area contributed by atoms with Crippen molar-refractivity contribution in [2.45, 2.75) is 38.7 Å². The van der Waals surface area contributed by atoms with Gasteiger partial charge in [-0.2, -0.15) is 18.3 Å². The number of benzene rings is 1. The topological polar surface area (TPSA) is 78.2 Å². The van der Waals surface area contributed by atoms with Crippen LogP contribution >= 0.6 is 0 Å². The molecule has 0 saturated carbocycles. The maximum absolute atomic E-state index is 12.9. The van der Waals surface area contributed by atoms with Gasteiger partial charge in [0.1, 0.15) is 18.7 Å². The van der Waals surface area contributed by atoms with Crippen molar-refractivity contribution in [1.82, 2.24) is 29.6 Å². The van der Waals surface area contributed by atoms with Crippen molar-refractivity contribution in [2.75, 3.05) is 31.1 Å². The lowest BCUT2D eigenvalue weighted by Gasteiger charge is -2.25. The zero-order chi connectivity index (χ0) is 24.9. The summed E-state index contributed by atoms with van der Waals surface area (Å²) in [4.78, 5) is 20.5. The van der Waals surface area contributed by atoms with Gasteiger partial charge in [-0.3, -0.25) is 14.6 Å². The number of alkyl halides is 3. The lowest BCUT2D eigenvalue weighted by molar-refractivity contribution is -0.142. The minimum absolute atomic E-state index is 0.153. The lowest BCUT2D eigenvalue weighted by atomic mass is 9.86. The molecule has 1 spiro atoms. The standard InChI is InChI=1S/C25H27F3N8/c1-29-10-19-9-18-8-17(2-3-21(18)32-19)11-34-6-4-24(13-34)5-7-35(14-24)23-20-12-36(15-25(26,27)28)33-22(20)30-16-31-23/h2-3,8-9,12,16,32H,1,4-7,10-11,13-15H2. The number of aromatic nitrogens is 5. The van der Waals surface area contributed by atoms with Crippen LogP contribution in [0.5, 0.6) is 0 Å². The van der Waals surface area contributed by atoms with Crippen LogP contribution in [0.1, 0.15) is 24.1 Å². The van der Waals surface area contributed by atoms with E-state index >= 15 is 0 Å². The highest BCUT2D eigenvalue weighted by molar-refractivity contribution is 5.86. The van der Waals surface area contributed by atoms with E-state index in [1.807, 2.05) is 0 Å². The molecule has 2 aliphatic heterocycles. The van der Waals surface area contributed by atoms with E-state index in [0.717, 1.165) is 61.5 Å². The van der Waals surface area contributed by atoms with Crippen LogP contribution in [-0.4, -0.2) is 68.7 Å². The Morgan fingerprint density at radius 1 is 1.11 bits per heavy atom. The van der Waals surface area contributed by atoms with E-state index in [0.29, 0.717) is 23.4 Å². The highest BCUT2D eigenvalue weighted by Gasteiger charge is 2.44. The van der Waals surface area contributed by atoms with Gasteiger partial charge in [0.15, 0.2) is 5.65 Å². The summed E-state index contributed by atoms with van der Waals surface area (Å²) in [6.45, 7) is 7.56. The highest BCUT2D eigenvalue weighted by Crippen LogP contribution is 2.42. The Morgan fingerprint density at radius 3 is 2.81 bits per heavy atom. The van der Waals surface area contributed by atoms with Gasteiger partial charge < -0.3 is 9.88 Å². The number of nitrogens with zero attached hydrogens (tertiary/aromatic N) is 7. The molecule has 0 aliphatic carbocycles. The summed E-state index contributed by atoms with van der Waals surface area (Å²) >= 11 is 0. The number of hydrogen-bond donors (Lipinski definition) is 1. The highest BCUT2D eigenvalue weighted by atomic mass is 19.4. The van der Waals surface area contributed by atoms with Gasteiger partial charge in [-0.15, -0.1) is 0 Å². The van der Waals surface area contributed by atoms with Crippen LogP contribution in [0.15, 0.2) is 41.8 Å². The van der Waals surface area contributed by atoms with Crippen LogP contribution < -0.4 is 4.90 Å². The Morgan fingerprint density at radius 2 is 1.97 bits per heavy atom. The lowest BCUT2D eigenvalue weighted by Crippen LogP contribution is -2.31. The van der Waals surface area contributed by atoms with Gasteiger partial charge in [0.2, 0.25) is 0 Å². The number of aromatic amines is 1. The Bertz CT molecular complexity index is 1420. The number of aliphatic imine (C=N–C) groups is 1. The summed E-state index contributed by atoms with van der Waals surface area (Å²) in [6, 6.07) is 8.67. The second kappa shape index (κ2) is 8.58. The minimum Gasteiger partial charge on any atom is -0.357 e.